The zero-order valence-corrected chi connectivity index (χ0v) is 10.2. The lowest BCUT2D eigenvalue weighted by molar-refractivity contribution is 0.0685. The lowest BCUT2D eigenvalue weighted by Crippen LogP contribution is -2.27. The maximum atomic E-state index is 5.64. The van der Waals surface area contributed by atoms with Gasteiger partial charge in [0.1, 0.15) is 18.4 Å². The van der Waals surface area contributed by atoms with Crippen molar-refractivity contribution in [3.63, 3.8) is 0 Å². The van der Waals surface area contributed by atoms with Gasteiger partial charge in [0.25, 0.3) is 0 Å². The molecular formula is C12H18N4O. The molecule has 5 heteroatoms. The third-order valence-corrected chi connectivity index (χ3v) is 2.85. The molecule has 0 bridgehead atoms. The largest absolute Gasteiger partial charge is 0.344 e. The van der Waals surface area contributed by atoms with Crippen LogP contribution in [0, 0.1) is 6.92 Å². The first-order valence-electron chi connectivity index (χ1n) is 5.73. The van der Waals surface area contributed by atoms with E-state index < -0.39 is 0 Å². The smallest absolute Gasteiger partial charge is 0.134 e. The molecule has 2 unspecified atom stereocenters. The first kappa shape index (κ1) is 12.0. The Hall–Kier alpha value is -1.46. The summed E-state index contributed by atoms with van der Waals surface area (Å²) in [6.07, 6.45) is 2.23. The number of aryl methyl sites for hydroxylation is 1. The second kappa shape index (κ2) is 5.25. The quantitative estimate of drug-likeness (QED) is 0.758. The fourth-order valence-corrected chi connectivity index (χ4v) is 1.68. The molecule has 2 atom stereocenters. The van der Waals surface area contributed by atoms with E-state index >= 15 is 0 Å². The summed E-state index contributed by atoms with van der Waals surface area (Å²) in [5.74, 6) is 0.782. The van der Waals surface area contributed by atoms with E-state index in [1.54, 1.807) is 6.33 Å². The first-order chi connectivity index (χ1) is 8.15. The summed E-state index contributed by atoms with van der Waals surface area (Å²) in [7, 11) is 0. The SMILES string of the molecule is C=C1CC(Nc2cc(C)ncn2)OCNC1C. The topological polar surface area (TPSA) is 59.1 Å². The monoisotopic (exact) mass is 234 g/mol. The van der Waals surface area contributed by atoms with Gasteiger partial charge in [0.15, 0.2) is 0 Å². The maximum Gasteiger partial charge on any atom is 0.134 e. The van der Waals surface area contributed by atoms with Gasteiger partial charge in [-0.2, -0.15) is 0 Å². The number of anilines is 1. The fourth-order valence-electron chi connectivity index (χ4n) is 1.68. The molecule has 0 aromatic carbocycles. The molecule has 1 saturated heterocycles. The molecule has 2 heterocycles. The molecule has 1 fully saturated rings. The van der Waals surface area contributed by atoms with Gasteiger partial charge >= 0.3 is 0 Å². The average Bonchev–Trinajstić information content (AvgIpc) is 2.42. The zero-order valence-electron chi connectivity index (χ0n) is 10.2. The van der Waals surface area contributed by atoms with E-state index in [2.05, 4.69) is 34.1 Å². The van der Waals surface area contributed by atoms with Crippen LogP contribution in [0.1, 0.15) is 19.0 Å². The van der Waals surface area contributed by atoms with Crippen molar-refractivity contribution >= 4 is 5.82 Å². The minimum Gasteiger partial charge on any atom is -0.344 e. The van der Waals surface area contributed by atoms with E-state index in [9.17, 15) is 0 Å². The van der Waals surface area contributed by atoms with Gasteiger partial charge in [0.05, 0.1) is 6.73 Å². The van der Waals surface area contributed by atoms with Crippen molar-refractivity contribution in [2.24, 2.45) is 0 Å². The van der Waals surface area contributed by atoms with Crippen molar-refractivity contribution in [1.29, 1.82) is 0 Å². The van der Waals surface area contributed by atoms with E-state index in [1.807, 2.05) is 13.0 Å². The molecule has 5 nitrogen and oxygen atoms in total. The molecule has 92 valence electrons. The van der Waals surface area contributed by atoms with Crippen molar-refractivity contribution in [2.45, 2.75) is 32.5 Å². The van der Waals surface area contributed by atoms with Crippen LogP contribution in [0.15, 0.2) is 24.5 Å². The predicted octanol–water partition coefficient (Wildman–Crippen LogP) is 1.44. The minimum absolute atomic E-state index is 0.0887. The second-order valence-electron chi connectivity index (χ2n) is 4.28. The summed E-state index contributed by atoms with van der Waals surface area (Å²) < 4.78 is 5.64. The highest BCUT2D eigenvalue weighted by atomic mass is 16.5. The van der Waals surface area contributed by atoms with Gasteiger partial charge in [-0.3, -0.25) is 5.32 Å². The lowest BCUT2D eigenvalue weighted by atomic mass is 10.1. The van der Waals surface area contributed by atoms with E-state index in [1.165, 1.54) is 0 Å². The van der Waals surface area contributed by atoms with Crippen LogP contribution in [0.3, 0.4) is 0 Å². The molecule has 1 aliphatic heterocycles. The summed E-state index contributed by atoms with van der Waals surface area (Å²) in [6, 6.07) is 2.18. The van der Waals surface area contributed by atoms with Gasteiger partial charge < -0.3 is 10.1 Å². The van der Waals surface area contributed by atoms with E-state index in [0.717, 1.165) is 23.5 Å². The molecule has 1 aromatic rings. The molecule has 0 amide bonds. The summed E-state index contributed by atoms with van der Waals surface area (Å²) in [4.78, 5) is 8.21. The Bertz CT molecular complexity index is 407. The average molecular weight is 234 g/mol. The summed E-state index contributed by atoms with van der Waals surface area (Å²) in [6.45, 7) is 8.59. The third-order valence-electron chi connectivity index (χ3n) is 2.85. The van der Waals surface area contributed by atoms with Gasteiger partial charge in [-0.25, -0.2) is 9.97 Å². The van der Waals surface area contributed by atoms with Gasteiger partial charge in [-0.05, 0) is 13.8 Å². The van der Waals surface area contributed by atoms with Crippen LogP contribution >= 0.6 is 0 Å². The van der Waals surface area contributed by atoms with Gasteiger partial charge in [0.2, 0.25) is 0 Å². The number of nitrogens with one attached hydrogen (secondary N) is 2. The maximum absolute atomic E-state index is 5.64. The van der Waals surface area contributed by atoms with Crippen molar-refractivity contribution in [1.82, 2.24) is 15.3 Å². The van der Waals surface area contributed by atoms with Gasteiger partial charge in [-0.1, -0.05) is 12.2 Å². The minimum atomic E-state index is -0.0887. The van der Waals surface area contributed by atoms with Gasteiger partial charge in [0, 0.05) is 24.2 Å². The number of ether oxygens (including phenoxy) is 1. The second-order valence-corrected chi connectivity index (χ2v) is 4.28. The Morgan fingerprint density at radius 1 is 1.53 bits per heavy atom. The van der Waals surface area contributed by atoms with Crippen molar-refractivity contribution in [2.75, 3.05) is 12.0 Å². The standard InChI is InChI=1S/C12H18N4O/c1-8-4-12(17-7-15-10(8)3)16-11-5-9(2)13-6-14-11/h5-6,10,12,15H,1,4,7H2,2-3H3,(H,13,14,16). The Morgan fingerprint density at radius 3 is 3.12 bits per heavy atom. The van der Waals surface area contributed by atoms with E-state index in [0.29, 0.717) is 6.73 Å². The summed E-state index contributed by atoms with van der Waals surface area (Å²) >= 11 is 0. The Kier molecular flexibility index (Phi) is 3.71. The number of hydrogen-bond acceptors (Lipinski definition) is 5. The van der Waals surface area contributed by atoms with Crippen molar-refractivity contribution < 1.29 is 4.74 Å². The molecule has 0 saturated carbocycles. The predicted molar refractivity (Wildman–Crippen MR) is 66.5 cm³/mol. The molecular weight excluding hydrogens is 216 g/mol. The van der Waals surface area contributed by atoms with Crippen molar-refractivity contribution in [3.05, 3.63) is 30.2 Å². The van der Waals surface area contributed by atoms with Gasteiger partial charge in [-0.15, -0.1) is 0 Å². The number of aromatic nitrogens is 2. The molecule has 2 N–H and O–H groups in total. The highest BCUT2D eigenvalue weighted by molar-refractivity contribution is 5.35. The Labute approximate surface area is 101 Å². The molecule has 1 aromatic heterocycles. The lowest BCUT2D eigenvalue weighted by Gasteiger charge is -2.17. The Balaban J connectivity index is 2.01. The molecule has 0 spiro atoms. The van der Waals surface area contributed by atoms with Crippen LogP contribution in [-0.2, 0) is 4.74 Å². The third kappa shape index (κ3) is 3.25. The highest BCUT2D eigenvalue weighted by Gasteiger charge is 2.19. The van der Waals surface area contributed by atoms with E-state index in [4.69, 9.17) is 4.74 Å². The number of hydrogen-bond donors (Lipinski definition) is 2. The fraction of sp³-hybridized carbons (Fsp3) is 0.500. The van der Waals surface area contributed by atoms with Crippen LogP contribution < -0.4 is 10.6 Å². The molecule has 0 radical (unpaired) electrons. The van der Waals surface area contributed by atoms with Crippen molar-refractivity contribution in [3.8, 4) is 0 Å². The highest BCUT2D eigenvalue weighted by Crippen LogP contribution is 2.16. The van der Waals surface area contributed by atoms with Crippen LogP contribution in [-0.4, -0.2) is 29.0 Å². The van der Waals surface area contributed by atoms with Crippen LogP contribution in [0.25, 0.3) is 0 Å². The number of nitrogens with zero attached hydrogens (tertiary/aromatic N) is 2. The normalized spacial score (nSPS) is 25.4. The van der Waals surface area contributed by atoms with Crippen LogP contribution in [0.4, 0.5) is 5.82 Å². The number of rotatable bonds is 2. The molecule has 2 rings (SSSR count). The molecule has 1 aliphatic rings. The van der Waals surface area contributed by atoms with Crippen LogP contribution in [0.5, 0.6) is 0 Å². The summed E-state index contributed by atoms with van der Waals surface area (Å²) in [5, 5.41) is 6.47. The van der Waals surface area contributed by atoms with E-state index in [-0.39, 0.29) is 12.3 Å². The molecule has 17 heavy (non-hydrogen) atoms. The summed E-state index contributed by atoms with van der Waals surface area (Å²) in [5.41, 5.74) is 2.06. The van der Waals surface area contributed by atoms with Crippen LogP contribution in [0.2, 0.25) is 0 Å². The zero-order chi connectivity index (χ0) is 12.3. The Morgan fingerprint density at radius 2 is 2.35 bits per heavy atom. The first-order valence-corrected chi connectivity index (χ1v) is 5.73. The molecule has 0 aliphatic carbocycles.